The molecule has 1 aromatic heterocycles. The molecule has 0 aliphatic heterocycles. The highest BCUT2D eigenvalue weighted by Gasteiger charge is 2.13. The minimum atomic E-state index is -0.946. The molecule has 0 aliphatic rings. The van der Waals surface area contributed by atoms with Gasteiger partial charge in [0, 0.05) is 11.3 Å². The van der Waals surface area contributed by atoms with Crippen LogP contribution in [0.15, 0.2) is 65.1 Å². The number of carboxylic acid groups (broad SMARTS) is 1. The second-order valence-electron chi connectivity index (χ2n) is 5.40. The monoisotopic (exact) mass is 339 g/mol. The fourth-order valence-electron chi connectivity index (χ4n) is 2.36. The van der Waals surface area contributed by atoms with Crippen molar-refractivity contribution in [2.75, 3.05) is 5.32 Å². The summed E-state index contributed by atoms with van der Waals surface area (Å²) in [5.74, 6) is -1.21. The van der Waals surface area contributed by atoms with Crippen LogP contribution in [0, 0.1) is 5.82 Å². The second-order valence-corrected chi connectivity index (χ2v) is 5.40. The Bertz CT molecular complexity index is 915. The number of nitrogens with one attached hydrogen (secondary N) is 1. The zero-order valence-corrected chi connectivity index (χ0v) is 13.0. The third-order valence-corrected chi connectivity index (χ3v) is 3.50. The first-order valence-corrected chi connectivity index (χ1v) is 7.49. The summed E-state index contributed by atoms with van der Waals surface area (Å²) in [5.41, 5.74) is 1.71. The molecule has 5 nitrogen and oxygen atoms in total. The molecule has 6 heteroatoms. The minimum absolute atomic E-state index is 0.1000. The van der Waals surface area contributed by atoms with Crippen LogP contribution in [-0.4, -0.2) is 17.0 Å². The maximum Gasteiger partial charge on any atom is 0.307 e. The van der Waals surface area contributed by atoms with Crippen LogP contribution < -0.4 is 5.32 Å². The van der Waals surface area contributed by atoms with E-state index in [1.807, 2.05) is 0 Å². The maximum absolute atomic E-state index is 13.0. The molecule has 0 spiro atoms. The largest absolute Gasteiger partial charge is 0.481 e. The first-order chi connectivity index (χ1) is 12.0. The number of carboxylic acids is 1. The normalized spacial score (nSPS) is 10.4. The van der Waals surface area contributed by atoms with Crippen molar-refractivity contribution in [3.8, 4) is 11.3 Å². The number of hydrogen-bond acceptors (Lipinski definition) is 3. The zero-order chi connectivity index (χ0) is 17.8. The van der Waals surface area contributed by atoms with Crippen molar-refractivity contribution >= 4 is 17.6 Å². The molecule has 0 bridgehead atoms. The van der Waals surface area contributed by atoms with E-state index in [0.717, 1.165) is 0 Å². The van der Waals surface area contributed by atoms with Gasteiger partial charge in [-0.05, 0) is 54.1 Å². The highest BCUT2D eigenvalue weighted by molar-refractivity contribution is 6.02. The number of anilines is 1. The number of carbonyl (C=O) groups is 2. The van der Waals surface area contributed by atoms with Crippen molar-refractivity contribution < 1.29 is 23.5 Å². The van der Waals surface area contributed by atoms with Gasteiger partial charge in [-0.2, -0.15) is 0 Å². The van der Waals surface area contributed by atoms with Crippen LogP contribution in [0.4, 0.5) is 10.1 Å². The summed E-state index contributed by atoms with van der Waals surface area (Å²) in [6.07, 6.45) is -0.126. The molecular weight excluding hydrogens is 325 g/mol. The van der Waals surface area contributed by atoms with Gasteiger partial charge in [-0.15, -0.1) is 0 Å². The zero-order valence-electron chi connectivity index (χ0n) is 13.0. The number of furan rings is 1. The van der Waals surface area contributed by atoms with Gasteiger partial charge in [-0.1, -0.05) is 12.1 Å². The molecule has 1 heterocycles. The quantitative estimate of drug-likeness (QED) is 0.737. The maximum atomic E-state index is 13.0. The average molecular weight is 339 g/mol. The van der Waals surface area contributed by atoms with Crippen molar-refractivity contribution in [2.24, 2.45) is 0 Å². The van der Waals surface area contributed by atoms with Crippen LogP contribution in [0.5, 0.6) is 0 Å². The molecule has 3 rings (SSSR count). The summed E-state index contributed by atoms with van der Waals surface area (Å²) in [5, 5.41) is 11.5. The van der Waals surface area contributed by atoms with E-state index in [9.17, 15) is 14.0 Å². The number of amides is 1. The van der Waals surface area contributed by atoms with Gasteiger partial charge in [-0.25, -0.2) is 4.39 Å². The van der Waals surface area contributed by atoms with E-state index in [4.69, 9.17) is 9.52 Å². The summed E-state index contributed by atoms with van der Waals surface area (Å²) in [6.45, 7) is 0. The molecule has 0 unspecified atom stereocenters. The van der Waals surface area contributed by atoms with Crippen LogP contribution in [0.3, 0.4) is 0 Å². The minimum Gasteiger partial charge on any atom is -0.481 e. The predicted molar refractivity (Wildman–Crippen MR) is 89.8 cm³/mol. The van der Waals surface area contributed by atoms with Crippen LogP contribution in [-0.2, 0) is 11.2 Å². The van der Waals surface area contributed by atoms with Crippen molar-refractivity contribution in [1.82, 2.24) is 0 Å². The number of aliphatic carboxylic acids is 1. The molecule has 0 aliphatic carbocycles. The summed E-state index contributed by atoms with van der Waals surface area (Å²) in [7, 11) is 0. The average Bonchev–Trinajstić information content (AvgIpc) is 3.05. The van der Waals surface area contributed by atoms with E-state index in [1.54, 1.807) is 42.5 Å². The van der Waals surface area contributed by atoms with Gasteiger partial charge in [0.05, 0.1) is 6.42 Å². The first-order valence-electron chi connectivity index (χ1n) is 7.49. The van der Waals surface area contributed by atoms with Gasteiger partial charge in [0.15, 0.2) is 5.76 Å². The number of carbonyl (C=O) groups excluding carboxylic acids is 1. The molecule has 0 saturated heterocycles. The lowest BCUT2D eigenvalue weighted by molar-refractivity contribution is -0.136. The summed E-state index contributed by atoms with van der Waals surface area (Å²) < 4.78 is 18.5. The molecule has 0 saturated carbocycles. The van der Waals surface area contributed by atoms with Gasteiger partial charge in [0.1, 0.15) is 11.6 Å². The van der Waals surface area contributed by atoms with Crippen LogP contribution in [0.2, 0.25) is 0 Å². The van der Waals surface area contributed by atoms with E-state index in [2.05, 4.69) is 5.32 Å². The third-order valence-electron chi connectivity index (χ3n) is 3.50. The second kappa shape index (κ2) is 7.00. The van der Waals surface area contributed by atoms with Gasteiger partial charge in [0.2, 0.25) is 0 Å². The van der Waals surface area contributed by atoms with E-state index in [-0.39, 0.29) is 18.0 Å². The van der Waals surface area contributed by atoms with E-state index in [1.165, 1.54) is 18.2 Å². The van der Waals surface area contributed by atoms with Crippen molar-refractivity contribution in [2.45, 2.75) is 6.42 Å². The highest BCUT2D eigenvalue weighted by atomic mass is 19.1. The van der Waals surface area contributed by atoms with Crippen molar-refractivity contribution in [3.63, 3.8) is 0 Å². The Labute approximate surface area is 142 Å². The first kappa shape index (κ1) is 16.4. The lowest BCUT2D eigenvalue weighted by Crippen LogP contribution is -2.11. The van der Waals surface area contributed by atoms with E-state index >= 15 is 0 Å². The molecule has 0 radical (unpaired) electrons. The fraction of sp³-hybridized carbons (Fsp3) is 0.0526. The highest BCUT2D eigenvalue weighted by Crippen LogP contribution is 2.23. The van der Waals surface area contributed by atoms with Crippen LogP contribution in [0.25, 0.3) is 11.3 Å². The molecule has 1 amide bonds. The van der Waals surface area contributed by atoms with Crippen LogP contribution in [0.1, 0.15) is 16.1 Å². The molecule has 3 aromatic rings. The number of hydrogen-bond donors (Lipinski definition) is 2. The van der Waals surface area contributed by atoms with Gasteiger partial charge in [0.25, 0.3) is 5.91 Å². The molecule has 0 atom stereocenters. The van der Waals surface area contributed by atoms with Crippen molar-refractivity contribution in [3.05, 3.63) is 77.8 Å². The smallest absolute Gasteiger partial charge is 0.307 e. The Morgan fingerprint density at radius 1 is 1.04 bits per heavy atom. The Morgan fingerprint density at radius 2 is 1.80 bits per heavy atom. The van der Waals surface area contributed by atoms with E-state index < -0.39 is 11.9 Å². The number of halogens is 1. The molecule has 126 valence electrons. The predicted octanol–water partition coefficient (Wildman–Crippen LogP) is 3.97. The van der Waals surface area contributed by atoms with Gasteiger partial charge < -0.3 is 14.8 Å². The molecule has 2 aromatic carbocycles. The van der Waals surface area contributed by atoms with Gasteiger partial charge in [-0.3, -0.25) is 9.59 Å². The van der Waals surface area contributed by atoms with Crippen molar-refractivity contribution in [1.29, 1.82) is 0 Å². The molecule has 25 heavy (non-hydrogen) atoms. The standard InChI is InChI=1S/C19H14FNO4/c20-14-6-4-13(5-7-14)16-8-9-17(25-16)19(24)21-15-3-1-2-12(10-15)11-18(22)23/h1-10H,11H2,(H,21,24)(H,22,23). The Kier molecular flexibility index (Phi) is 4.61. The Morgan fingerprint density at radius 3 is 2.52 bits per heavy atom. The molecular formula is C19H14FNO4. The summed E-state index contributed by atoms with van der Waals surface area (Å²) in [4.78, 5) is 23.0. The number of benzene rings is 2. The lowest BCUT2D eigenvalue weighted by Gasteiger charge is -2.05. The summed E-state index contributed by atoms with van der Waals surface area (Å²) in [6, 6.07) is 15.5. The van der Waals surface area contributed by atoms with Gasteiger partial charge >= 0.3 is 5.97 Å². The van der Waals surface area contributed by atoms with Crippen LogP contribution >= 0.6 is 0 Å². The SMILES string of the molecule is O=C(O)Cc1cccc(NC(=O)c2ccc(-c3ccc(F)cc3)o2)c1. The molecule has 0 fully saturated rings. The third kappa shape index (κ3) is 4.11. The fourth-order valence-corrected chi connectivity index (χ4v) is 2.36. The molecule has 2 N–H and O–H groups in total. The lowest BCUT2D eigenvalue weighted by atomic mass is 10.1. The topological polar surface area (TPSA) is 79.5 Å². The summed E-state index contributed by atoms with van der Waals surface area (Å²) >= 11 is 0. The Balaban J connectivity index is 1.74. The Hall–Kier alpha value is -3.41. The number of rotatable bonds is 5. The van der Waals surface area contributed by atoms with E-state index in [0.29, 0.717) is 22.6 Å².